The van der Waals surface area contributed by atoms with Gasteiger partial charge in [0.1, 0.15) is 12.2 Å². The molecule has 0 radical (unpaired) electrons. The normalized spacial score (nSPS) is 23.3. The summed E-state index contributed by atoms with van der Waals surface area (Å²) in [5, 5.41) is 11.7. The van der Waals surface area contributed by atoms with Crippen molar-refractivity contribution in [3.05, 3.63) is 35.6 Å². The van der Waals surface area contributed by atoms with Crippen LogP contribution in [-0.2, 0) is 4.79 Å². The average molecular weight is 305 g/mol. The van der Waals surface area contributed by atoms with Crippen LogP contribution < -0.4 is 5.32 Å². The van der Waals surface area contributed by atoms with Crippen LogP contribution in [-0.4, -0.2) is 23.3 Å². The lowest BCUT2D eigenvalue weighted by atomic mass is 9.75. The summed E-state index contributed by atoms with van der Waals surface area (Å²) in [5.74, 6) is -1.74. The molecule has 1 saturated carbocycles. The molecule has 2 rings (SSSR count). The monoisotopic (exact) mass is 305 g/mol. The number of carbonyl (C=O) groups excluding carboxylic acids is 1. The molecule has 21 heavy (non-hydrogen) atoms. The molecule has 2 N–H and O–H groups in total. The zero-order valence-electron chi connectivity index (χ0n) is 11.0. The van der Waals surface area contributed by atoms with Crippen molar-refractivity contribution in [2.45, 2.75) is 37.6 Å². The molecule has 1 amide bonds. The van der Waals surface area contributed by atoms with Gasteiger partial charge in [-0.25, -0.2) is 4.39 Å². The largest absolute Gasteiger partial charge is 0.397 e. The summed E-state index contributed by atoms with van der Waals surface area (Å²) in [4.78, 5) is 11.5. The van der Waals surface area contributed by atoms with E-state index < -0.39 is 36.5 Å². The highest BCUT2D eigenvalue weighted by Crippen LogP contribution is 2.38. The van der Waals surface area contributed by atoms with Crippen molar-refractivity contribution in [3.8, 4) is 0 Å². The van der Waals surface area contributed by atoms with Crippen molar-refractivity contribution in [2.75, 3.05) is 0 Å². The maximum atomic E-state index is 12.9. The number of aliphatic hydroxyl groups excluding tert-OH is 1. The second-order valence-corrected chi connectivity index (χ2v) is 5.27. The van der Waals surface area contributed by atoms with Gasteiger partial charge in [0.15, 0.2) is 0 Å². The molecule has 116 valence electrons. The van der Waals surface area contributed by atoms with Crippen molar-refractivity contribution >= 4 is 5.91 Å². The molecule has 0 aliphatic heterocycles. The third kappa shape index (κ3) is 4.42. The third-order valence-electron chi connectivity index (χ3n) is 3.53. The Balaban J connectivity index is 2.09. The van der Waals surface area contributed by atoms with E-state index in [9.17, 15) is 27.5 Å². The molecule has 1 aromatic carbocycles. The van der Waals surface area contributed by atoms with E-state index in [-0.39, 0.29) is 5.92 Å². The summed E-state index contributed by atoms with van der Waals surface area (Å²) in [5.41, 5.74) is 0.531. The van der Waals surface area contributed by atoms with Gasteiger partial charge >= 0.3 is 6.18 Å². The Kier molecular flexibility index (Phi) is 4.51. The van der Waals surface area contributed by atoms with Crippen molar-refractivity contribution in [2.24, 2.45) is 5.92 Å². The van der Waals surface area contributed by atoms with Crippen LogP contribution in [0.4, 0.5) is 17.6 Å². The smallest absolute Gasteiger partial charge is 0.393 e. The van der Waals surface area contributed by atoms with Gasteiger partial charge in [0.25, 0.3) is 0 Å². The van der Waals surface area contributed by atoms with E-state index in [1.165, 1.54) is 24.3 Å². The number of alkyl halides is 3. The van der Waals surface area contributed by atoms with Crippen LogP contribution in [0.3, 0.4) is 0 Å². The standard InChI is InChI=1S/C14H15F4NO2/c15-10-3-1-8(2-4-10)13(9-5-11(20)6-9)19-12(21)7-14(16,17)18/h1-4,9,11,13,20H,5-7H2,(H,19,21). The summed E-state index contributed by atoms with van der Waals surface area (Å²) < 4.78 is 49.6. The summed E-state index contributed by atoms with van der Waals surface area (Å²) in [6.45, 7) is 0. The van der Waals surface area contributed by atoms with Gasteiger partial charge in [0, 0.05) is 0 Å². The number of hydrogen-bond donors (Lipinski definition) is 2. The summed E-state index contributed by atoms with van der Waals surface area (Å²) in [6, 6.07) is 4.58. The Morgan fingerprint density at radius 2 is 1.86 bits per heavy atom. The molecule has 0 spiro atoms. The Hall–Kier alpha value is -1.63. The highest BCUT2D eigenvalue weighted by molar-refractivity contribution is 5.77. The van der Waals surface area contributed by atoms with Crippen LogP contribution >= 0.6 is 0 Å². The minimum absolute atomic E-state index is 0.150. The lowest BCUT2D eigenvalue weighted by molar-refractivity contribution is -0.155. The molecule has 1 atom stereocenters. The Morgan fingerprint density at radius 1 is 1.29 bits per heavy atom. The van der Waals surface area contributed by atoms with Crippen molar-refractivity contribution in [1.82, 2.24) is 5.32 Å². The van der Waals surface area contributed by atoms with E-state index >= 15 is 0 Å². The number of halogens is 4. The van der Waals surface area contributed by atoms with Crippen molar-refractivity contribution < 1.29 is 27.5 Å². The molecule has 0 heterocycles. The van der Waals surface area contributed by atoms with E-state index in [1.54, 1.807) is 0 Å². The van der Waals surface area contributed by atoms with Gasteiger partial charge < -0.3 is 10.4 Å². The molecule has 0 bridgehead atoms. The van der Waals surface area contributed by atoms with E-state index in [4.69, 9.17) is 0 Å². The molecule has 1 aliphatic carbocycles. The zero-order chi connectivity index (χ0) is 15.6. The minimum atomic E-state index is -4.57. The summed E-state index contributed by atoms with van der Waals surface area (Å²) in [6.07, 6.45) is -5.84. The molecule has 1 aliphatic rings. The number of aliphatic hydroxyl groups is 1. The van der Waals surface area contributed by atoms with E-state index in [0.29, 0.717) is 18.4 Å². The molecular formula is C14H15F4NO2. The van der Waals surface area contributed by atoms with Gasteiger partial charge in [-0.2, -0.15) is 13.2 Å². The molecule has 7 heteroatoms. The van der Waals surface area contributed by atoms with Crippen LogP contribution in [0.5, 0.6) is 0 Å². The van der Waals surface area contributed by atoms with Gasteiger partial charge in [-0.15, -0.1) is 0 Å². The first kappa shape index (κ1) is 15.8. The van der Waals surface area contributed by atoms with E-state index in [2.05, 4.69) is 5.32 Å². The molecule has 0 saturated heterocycles. The second-order valence-electron chi connectivity index (χ2n) is 5.27. The first-order valence-electron chi connectivity index (χ1n) is 6.54. The molecule has 0 aromatic heterocycles. The Labute approximate surface area is 119 Å². The molecule has 1 aromatic rings. The third-order valence-corrected chi connectivity index (χ3v) is 3.53. The molecule has 3 nitrogen and oxygen atoms in total. The lowest BCUT2D eigenvalue weighted by Gasteiger charge is -2.38. The fourth-order valence-corrected chi connectivity index (χ4v) is 2.45. The maximum Gasteiger partial charge on any atom is 0.397 e. The van der Waals surface area contributed by atoms with Gasteiger partial charge in [0.2, 0.25) is 5.91 Å². The van der Waals surface area contributed by atoms with E-state index in [0.717, 1.165) is 0 Å². The van der Waals surface area contributed by atoms with Gasteiger partial charge in [-0.1, -0.05) is 12.1 Å². The van der Waals surface area contributed by atoms with Crippen LogP contribution in [0.15, 0.2) is 24.3 Å². The Bertz CT molecular complexity index is 495. The molecule has 1 fully saturated rings. The number of nitrogens with one attached hydrogen (secondary N) is 1. The quantitative estimate of drug-likeness (QED) is 0.840. The van der Waals surface area contributed by atoms with Gasteiger partial charge in [-0.3, -0.25) is 4.79 Å². The van der Waals surface area contributed by atoms with Crippen LogP contribution in [0.25, 0.3) is 0 Å². The number of carbonyl (C=O) groups is 1. The van der Waals surface area contributed by atoms with Crippen molar-refractivity contribution in [1.29, 1.82) is 0 Å². The molecule has 1 unspecified atom stereocenters. The van der Waals surface area contributed by atoms with E-state index in [1.807, 2.05) is 0 Å². The second kappa shape index (κ2) is 6.01. The first-order chi connectivity index (χ1) is 9.74. The SMILES string of the molecule is O=C(CC(F)(F)F)NC(c1ccc(F)cc1)C1CC(O)C1. The maximum absolute atomic E-state index is 12.9. The minimum Gasteiger partial charge on any atom is -0.393 e. The topological polar surface area (TPSA) is 49.3 Å². The molecular weight excluding hydrogens is 290 g/mol. The van der Waals surface area contributed by atoms with Gasteiger partial charge in [-0.05, 0) is 36.5 Å². The number of rotatable bonds is 4. The number of amides is 1. The van der Waals surface area contributed by atoms with Crippen LogP contribution in [0, 0.1) is 11.7 Å². The van der Waals surface area contributed by atoms with Crippen LogP contribution in [0.1, 0.15) is 30.9 Å². The predicted molar refractivity (Wildman–Crippen MR) is 66.7 cm³/mol. The summed E-state index contributed by atoms with van der Waals surface area (Å²) >= 11 is 0. The first-order valence-corrected chi connectivity index (χ1v) is 6.54. The van der Waals surface area contributed by atoms with Crippen molar-refractivity contribution in [3.63, 3.8) is 0 Å². The summed E-state index contributed by atoms with van der Waals surface area (Å²) in [7, 11) is 0. The van der Waals surface area contributed by atoms with Crippen LogP contribution in [0.2, 0.25) is 0 Å². The number of benzene rings is 1. The lowest BCUT2D eigenvalue weighted by Crippen LogP contribution is -2.42. The van der Waals surface area contributed by atoms with Gasteiger partial charge in [0.05, 0.1) is 12.1 Å². The Morgan fingerprint density at radius 3 is 2.33 bits per heavy atom. The predicted octanol–water partition coefficient (Wildman–Crippen LogP) is 2.71. The highest BCUT2D eigenvalue weighted by Gasteiger charge is 2.38. The fraction of sp³-hybridized carbons (Fsp3) is 0.500. The fourth-order valence-electron chi connectivity index (χ4n) is 2.45. The zero-order valence-corrected chi connectivity index (χ0v) is 11.0. The highest BCUT2D eigenvalue weighted by atomic mass is 19.4. The average Bonchev–Trinajstić information content (AvgIpc) is 2.31. The number of hydrogen-bond acceptors (Lipinski definition) is 2.